The molecular weight excluding hydrogens is 184 g/mol. The minimum absolute atomic E-state index is 0.386. The monoisotopic (exact) mass is 196 g/mol. The first-order valence-corrected chi connectivity index (χ1v) is 5.00. The van der Waals surface area contributed by atoms with Crippen LogP contribution in [0.2, 0.25) is 0 Å². The zero-order valence-corrected chi connectivity index (χ0v) is 7.71. The molecule has 72 valence electrons. The molecular formula is C6H12O5S. The molecule has 0 aromatic carbocycles. The molecule has 0 radical (unpaired) electrons. The van der Waals surface area contributed by atoms with Gasteiger partial charge in [0.15, 0.2) is 5.25 Å². The van der Waals surface area contributed by atoms with Gasteiger partial charge in [-0.05, 0) is 5.92 Å². The van der Waals surface area contributed by atoms with Gasteiger partial charge in [-0.2, -0.15) is 8.42 Å². The van der Waals surface area contributed by atoms with E-state index in [1.54, 1.807) is 6.92 Å². The lowest BCUT2D eigenvalue weighted by atomic mass is 10.1. The normalized spacial score (nSPS) is 16.9. The van der Waals surface area contributed by atoms with Crippen molar-refractivity contribution in [1.29, 1.82) is 0 Å². The Hall–Kier alpha value is -0.620. The van der Waals surface area contributed by atoms with Crippen LogP contribution in [0.4, 0.5) is 0 Å². The first-order valence-electron chi connectivity index (χ1n) is 3.49. The van der Waals surface area contributed by atoms with Crippen LogP contribution in [-0.4, -0.2) is 29.3 Å². The Morgan fingerprint density at radius 1 is 1.50 bits per heavy atom. The van der Waals surface area contributed by atoms with Crippen molar-refractivity contribution in [3.05, 3.63) is 0 Å². The maximum atomic E-state index is 10.5. The molecule has 0 rings (SSSR count). The van der Waals surface area contributed by atoms with Gasteiger partial charge in [0, 0.05) is 0 Å². The van der Waals surface area contributed by atoms with Crippen molar-refractivity contribution >= 4 is 16.1 Å². The molecule has 6 heteroatoms. The molecule has 0 saturated heterocycles. The smallest absolute Gasteiger partial charge is 0.324 e. The summed E-state index contributed by atoms with van der Waals surface area (Å²) in [7, 11) is -4.48. The zero-order chi connectivity index (χ0) is 9.94. The third kappa shape index (κ3) is 2.78. The molecule has 0 fully saturated rings. The summed E-state index contributed by atoms with van der Waals surface area (Å²) in [5.74, 6) is -2.09. The van der Waals surface area contributed by atoms with E-state index in [0.29, 0.717) is 6.42 Å². The van der Waals surface area contributed by atoms with Gasteiger partial charge in [0.2, 0.25) is 0 Å². The number of carboxylic acids is 1. The van der Waals surface area contributed by atoms with Gasteiger partial charge >= 0.3 is 5.97 Å². The van der Waals surface area contributed by atoms with Crippen LogP contribution in [0.1, 0.15) is 20.3 Å². The third-order valence-corrected chi connectivity index (χ3v) is 3.03. The van der Waals surface area contributed by atoms with E-state index in [0.717, 1.165) is 0 Å². The average molecular weight is 196 g/mol. The fourth-order valence-electron chi connectivity index (χ4n) is 0.878. The first kappa shape index (κ1) is 11.4. The summed E-state index contributed by atoms with van der Waals surface area (Å²) in [6.07, 6.45) is 0.386. The molecule has 0 amide bonds. The van der Waals surface area contributed by atoms with E-state index >= 15 is 0 Å². The lowest BCUT2D eigenvalue weighted by molar-refractivity contribution is -0.137. The van der Waals surface area contributed by atoms with E-state index in [1.807, 2.05) is 0 Å². The summed E-state index contributed by atoms with van der Waals surface area (Å²) in [5, 5.41) is 6.77. The number of hydrogen-bond acceptors (Lipinski definition) is 3. The summed E-state index contributed by atoms with van der Waals surface area (Å²) in [4.78, 5) is 10.4. The highest BCUT2D eigenvalue weighted by Crippen LogP contribution is 2.15. The van der Waals surface area contributed by atoms with Gasteiger partial charge in [-0.1, -0.05) is 20.3 Å². The molecule has 0 aliphatic rings. The van der Waals surface area contributed by atoms with E-state index in [4.69, 9.17) is 9.66 Å². The predicted molar refractivity (Wildman–Crippen MR) is 42.4 cm³/mol. The zero-order valence-electron chi connectivity index (χ0n) is 6.89. The largest absolute Gasteiger partial charge is 0.480 e. The van der Waals surface area contributed by atoms with Gasteiger partial charge in [0.05, 0.1) is 0 Å². The fraction of sp³-hybridized carbons (Fsp3) is 0.833. The van der Waals surface area contributed by atoms with E-state index < -0.39 is 27.3 Å². The molecule has 2 unspecified atom stereocenters. The van der Waals surface area contributed by atoms with Gasteiger partial charge < -0.3 is 5.11 Å². The Bertz CT molecular complexity index is 255. The minimum atomic E-state index is -4.48. The molecule has 2 atom stereocenters. The number of hydrogen-bond donors (Lipinski definition) is 2. The molecule has 0 saturated carbocycles. The summed E-state index contributed by atoms with van der Waals surface area (Å²) in [6.45, 7) is 3.12. The molecule has 5 nitrogen and oxygen atoms in total. The second-order valence-corrected chi connectivity index (χ2v) is 4.20. The SMILES string of the molecule is CCC(C)C(C(=O)O)S(=O)(=O)O. The maximum Gasteiger partial charge on any atom is 0.324 e. The van der Waals surface area contributed by atoms with Gasteiger partial charge in [-0.25, -0.2) is 0 Å². The highest BCUT2D eigenvalue weighted by Gasteiger charge is 2.35. The lowest BCUT2D eigenvalue weighted by Crippen LogP contribution is -2.35. The number of carboxylic acid groups (broad SMARTS) is 1. The Morgan fingerprint density at radius 3 is 2.00 bits per heavy atom. The summed E-state index contributed by atoms with van der Waals surface area (Å²) >= 11 is 0. The van der Waals surface area contributed by atoms with Crippen LogP contribution in [0.15, 0.2) is 0 Å². The second-order valence-electron chi connectivity index (χ2n) is 2.66. The van der Waals surface area contributed by atoms with Gasteiger partial charge in [-0.3, -0.25) is 9.35 Å². The predicted octanol–water partition coefficient (Wildman–Crippen LogP) is 0.374. The van der Waals surface area contributed by atoms with Crippen LogP contribution < -0.4 is 0 Å². The molecule has 12 heavy (non-hydrogen) atoms. The van der Waals surface area contributed by atoms with E-state index in [1.165, 1.54) is 6.92 Å². The van der Waals surface area contributed by atoms with Crippen molar-refractivity contribution in [2.45, 2.75) is 25.5 Å². The number of carbonyl (C=O) groups is 1. The van der Waals surface area contributed by atoms with Crippen molar-refractivity contribution in [3.8, 4) is 0 Å². The fourth-order valence-corrected chi connectivity index (χ4v) is 1.91. The highest BCUT2D eigenvalue weighted by atomic mass is 32.2. The Balaban J connectivity index is 4.81. The topological polar surface area (TPSA) is 91.7 Å². The summed E-state index contributed by atoms with van der Waals surface area (Å²) in [6, 6.07) is 0. The molecule has 0 aromatic heterocycles. The Morgan fingerprint density at radius 2 is 1.92 bits per heavy atom. The van der Waals surface area contributed by atoms with Crippen LogP contribution >= 0.6 is 0 Å². The number of rotatable bonds is 4. The maximum absolute atomic E-state index is 10.5. The Kier molecular flexibility index (Phi) is 3.66. The molecule has 0 heterocycles. The molecule has 0 aromatic rings. The highest BCUT2D eigenvalue weighted by molar-refractivity contribution is 7.87. The summed E-state index contributed by atoms with van der Waals surface area (Å²) < 4.78 is 29.6. The lowest BCUT2D eigenvalue weighted by Gasteiger charge is -2.14. The van der Waals surface area contributed by atoms with Crippen LogP contribution in [0, 0.1) is 5.92 Å². The minimum Gasteiger partial charge on any atom is -0.480 e. The summed E-state index contributed by atoms with van der Waals surface area (Å²) in [5.41, 5.74) is 0. The van der Waals surface area contributed by atoms with Crippen molar-refractivity contribution in [3.63, 3.8) is 0 Å². The first-order chi connectivity index (χ1) is 5.30. The quantitative estimate of drug-likeness (QED) is 0.634. The van der Waals surface area contributed by atoms with Crippen molar-refractivity contribution in [2.24, 2.45) is 5.92 Å². The third-order valence-electron chi connectivity index (χ3n) is 1.73. The molecule has 0 aliphatic heterocycles. The van der Waals surface area contributed by atoms with Crippen molar-refractivity contribution in [2.75, 3.05) is 0 Å². The van der Waals surface area contributed by atoms with Crippen molar-refractivity contribution in [1.82, 2.24) is 0 Å². The van der Waals surface area contributed by atoms with Crippen LogP contribution in [-0.2, 0) is 14.9 Å². The average Bonchev–Trinajstić information content (AvgIpc) is 1.83. The molecule has 0 aliphatic carbocycles. The molecule has 0 spiro atoms. The van der Waals surface area contributed by atoms with Crippen LogP contribution in [0.3, 0.4) is 0 Å². The molecule has 0 bridgehead atoms. The van der Waals surface area contributed by atoms with Gasteiger partial charge in [0.1, 0.15) is 0 Å². The molecule has 2 N–H and O–H groups in total. The van der Waals surface area contributed by atoms with Crippen LogP contribution in [0.5, 0.6) is 0 Å². The second kappa shape index (κ2) is 3.86. The van der Waals surface area contributed by atoms with E-state index in [9.17, 15) is 13.2 Å². The van der Waals surface area contributed by atoms with Gasteiger partial charge in [-0.15, -0.1) is 0 Å². The van der Waals surface area contributed by atoms with Crippen molar-refractivity contribution < 1.29 is 22.9 Å². The Labute approximate surface area is 71.1 Å². The standard InChI is InChI=1S/C6H12O5S/c1-3-4(2)5(6(7)8)12(9,10)11/h4-5H,3H2,1-2H3,(H,7,8)(H,9,10,11). The van der Waals surface area contributed by atoms with Crippen LogP contribution in [0.25, 0.3) is 0 Å². The number of aliphatic carboxylic acids is 1. The van der Waals surface area contributed by atoms with E-state index in [-0.39, 0.29) is 0 Å². The van der Waals surface area contributed by atoms with E-state index in [2.05, 4.69) is 0 Å². The van der Waals surface area contributed by atoms with Gasteiger partial charge in [0.25, 0.3) is 10.1 Å².